The number of hydrogen-bond donors (Lipinski definition) is 1. The van der Waals surface area contributed by atoms with Crippen LogP contribution in [0.5, 0.6) is 5.75 Å². The molecule has 2 aliphatic rings. The molecular weight excluding hydrogens is 418 g/mol. The maximum absolute atomic E-state index is 11.6. The Kier molecular flexibility index (Phi) is 6.49. The molecule has 4 heteroatoms. The van der Waals surface area contributed by atoms with Gasteiger partial charge in [0.05, 0.1) is 18.2 Å². The molecular formula is C28H30ClNO2. The number of rotatable bonds is 7. The van der Waals surface area contributed by atoms with Gasteiger partial charge in [-0.1, -0.05) is 91.5 Å². The molecule has 0 spiro atoms. The van der Waals surface area contributed by atoms with Crippen LogP contribution in [-0.2, 0) is 6.61 Å². The summed E-state index contributed by atoms with van der Waals surface area (Å²) in [7, 11) is 0. The summed E-state index contributed by atoms with van der Waals surface area (Å²) in [6.07, 6.45) is 5.67. The van der Waals surface area contributed by atoms with Crippen LogP contribution < -0.4 is 4.74 Å². The lowest BCUT2D eigenvalue weighted by Crippen LogP contribution is -2.25. The van der Waals surface area contributed by atoms with Crippen molar-refractivity contribution in [3.63, 3.8) is 0 Å². The first-order chi connectivity index (χ1) is 15.7. The van der Waals surface area contributed by atoms with Gasteiger partial charge in [0.2, 0.25) is 0 Å². The number of benzene rings is 3. The molecule has 3 nitrogen and oxygen atoms in total. The average Bonchev–Trinajstić information content (AvgIpc) is 3.60. The van der Waals surface area contributed by atoms with Crippen LogP contribution in [0.2, 0.25) is 5.02 Å². The van der Waals surface area contributed by atoms with Crippen LogP contribution in [0, 0.1) is 0 Å². The highest BCUT2D eigenvalue weighted by Gasteiger charge is 2.56. The van der Waals surface area contributed by atoms with Crippen molar-refractivity contribution in [2.45, 2.75) is 62.9 Å². The molecule has 1 unspecified atom stereocenters. The first-order valence-electron chi connectivity index (χ1n) is 11.7. The Labute approximate surface area is 195 Å². The number of hydrogen-bond acceptors (Lipinski definition) is 3. The quantitative estimate of drug-likeness (QED) is 0.408. The molecule has 0 bridgehead atoms. The average molecular weight is 448 g/mol. The smallest absolute Gasteiger partial charge is 0.125 e. The first kappa shape index (κ1) is 21.5. The lowest BCUT2D eigenvalue weighted by atomic mass is 9.95. The molecule has 1 saturated heterocycles. The fourth-order valence-electron chi connectivity index (χ4n) is 5.26. The van der Waals surface area contributed by atoms with Crippen LogP contribution in [0.4, 0.5) is 0 Å². The van der Waals surface area contributed by atoms with E-state index in [4.69, 9.17) is 16.3 Å². The SMILES string of the molecule is O[C@@H](c1ccccc1OCc1ccccc1)[C@H]1[C@H](c2ccc(Cl)cc2)N1C1CCCCC1. The summed E-state index contributed by atoms with van der Waals surface area (Å²) in [4.78, 5) is 2.53. The van der Waals surface area contributed by atoms with Gasteiger partial charge in [0, 0.05) is 16.6 Å². The Bertz CT molecular complexity index is 1020. The minimum absolute atomic E-state index is 0.0563. The van der Waals surface area contributed by atoms with Crippen molar-refractivity contribution in [3.05, 3.63) is 101 Å². The van der Waals surface area contributed by atoms with Crippen molar-refractivity contribution in [2.24, 2.45) is 0 Å². The Balaban J connectivity index is 1.39. The molecule has 1 heterocycles. The van der Waals surface area contributed by atoms with E-state index in [1.165, 1.54) is 37.7 Å². The zero-order valence-corrected chi connectivity index (χ0v) is 19.0. The first-order valence-corrected chi connectivity index (χ1v) is 12.1. The predicted molar refractivity (Wildman–Crippen MR) is 129 cm³/mol. The van der Waals surface area contributed by atoms with E-state index in [1.54, 1.807) is 0 Å². The van der Waals surface area contributed by atoms with E-state index >= 15 is 0 Å². The van der Waals surface area contributed by atoms with Crippen molar-refractivity contribution in [3.8, 4) is 5.75 Å². The molecule has 1 aliphatic carbocycles. The van der Waals surface area contributed by atoms with Gasteiger partial charge >= 0.3 is 0 Å². The minimum atomic E-state index is -0.607. The third-order valence-corrected chi connectivity index (χ3v) is 7.16. The Hall–Kier alpha value is -2.33. The highest BCUT2D eigenvalue weighted by Crippen LogP contribution is 2.54. The van der Waals surface area contributed by atoms with Crippen LogP contribution in [0.25, 0.3) is 0 Å². The molecule has 1 N–H and O–H groups in total. The van der Waals surface area contributed by atoms with Crippen LogP contribution in [0.1, 0.15) is 60.9 Å². The predicted octanol–water partition coefficient (Wildman–Crippen LogP) is 6.71. The van der Waals surface area contributed by atoms with E-state index < -0.39 is 6.10 Å². The summed E-state index contributed by atoms with van der Waals surface area (Å²) in [6.45, 7) is 0.488. The van der Waals surface area contributed by atoms with Gasteiger partial charge in [0.1, 0.15) is 12.4 Å². The van der Waals surface area contributed by atoms with Gasteiger partial charge in [0.25, 0.3) is 0 Å². The lowest BCUT2D eigenvalue weighted by molar-refractivity contribution is 0.137. The number of nitrogens with zero attached hydrogens (tertiary/aromatic N) is 1. The number of ether oxygens (including phenoxy) is 1. The molecule has 166 valence electrons. The maximum Gasteiger partial charge on any atom is 0.125 e. The monoisotopic (exact) mass is 447 g/mol. The second kappa shape index (κ2) is 9.66. The normalized spacial score (nSPS) is 24.1. The molecule has 32 heavy (non-hydrogen) atoms. The van der Waals surface area contributed by atoms with E-state index in [0.717, 1.165) is 21.9 Å². The third-order valence-electron chi connectivity index (χ3n) is 6.91. The summed E-state index contributed by atoms with van der Waals surface area (Å²) in [5, 5.41) is 12.3. The summed E-state index contributed by atoms with van der Waals surface area (Å²) in [5.41, 5.74) is 3.21. The molecule has 0 amide bonds. The molecule has 0 aromatic heterocycles. The van der Waals surface area contributed by atoms with Crippen molar-refractivity contribution in [1.29, 1.82) is 0 Å². The summed E-state index contributed by atoms with van der Waals surface area (Å²) in [5.74, 6) is 0.759. The number of aliphatic hydroxyl groups excluding tert-OH is 1. The summed E-state index contributed by atoms with van der Waals surface area (Å²) in [6, 6.07) is 27.0. The van der Waals surface area contributed by atoms with Crippen LogP contribution in [0.15, 0.2) is 78.9 Å². The molecule has 5 rings (SSSR count). The second-order valence-corrected chi connectivity index (χ2v) is 9.42. The number of halogens is 1. The highest BCUT2D eigenvalue weighted by atomic mass is 35.5. The third kappa shape index (κ3) is 4.56. The topological polar surface area (TPSA) is 32.5 Å². The largest absolute Gasteiger partial charge is 0.489 e. The molecule has 3 aromatic carbocycles. The lowest BCUT2D eigenvalue weighted by Gasteiger charge is -2.25. The van der Waals surface area contributed by atoms with E-state index in [2.05, 4.69) is 29.2 Å². The van der Waals surface area contributed by atoms with E-state index in [9.17, 15) is 5.11 Å². The van der Waals surface area contributed by atoms with Gasteiger partial charge < -0.3 is 9.84 Å². The van der Waals surface area contributed by atoms with Gasteiger partial charge in [-0.2, -0.15) is 0 Å². The minimum Gasteiger partial charge on any atom is -0.489 e. The van der Waals surface area contributed by atoms with Gasteiger partial charge in [-0.05, 0) is 42.2 Å². The van der Waals surface area contributed by atoms with E-state index in [1.807, 2.05) is 54.6 Å². The molecule has 2 fully saturated rings. The van der Waals surface area contributed by atoms with Gasteiger partial charge in [-0.3, -0.25) is 4.90 Å². The van der Waals surface area contributed by atoms with Crippen molar-refractivity contribution >= 4 is 11.6 Å². The highest BCUT2D eigenvalue weighted by molar-refractivity contribution is 6.30. The zero-order chi connectivity index (χ0) is 21.9. The number of para-hydroxylation sites is 1. The van der Waals surface area contributed by atoms with Crippen molar-refractivity contribution in [1.82, 2.24) is 4.90 Å². The zero-order valence-electron chi connectivity index (χ0n) is 18.2. The molecule has 3 aromatic rings. The van der Waals surface area contributed by atoms with Crippen LogP contribution in [-0.4, -0.2) is 22.1 Å². The fraction of sp³-hybridized carbons (Fsp3) is 0.357. The second-order valence-electron chi connectivity index (χ2n) is 8.98. The molecule has 1 saturated carbocycles. The fourth-order valence-corrected chi connectivity index (χ4v) is 5.38. The van der Waals surface area contributed by atoms with Gasteiger partial charge in [0.15, 0.2) is 0 Å². The Morgan fingerprint density at radius 1 is 0.875 bits per heavy atom. The molecule has 4 atom stereocenters. The van der Waals surface area contributed by atoms with Gasteiger partial charge in [-0.25, -0.2) is 0 Å². The van der Waals surface area contributed by atoms with Crippen molar-refractivity contribution < 1.29 is 9.84 Å². The van der Waals surface area contributed by atoms with Gasteiger partial charge in [-0.15, -0.1) is 0 Å². The van der Waals surface area contributed by atoms with E-state index in [0.29, 0.717) is 12.6 Å². The van der Waals surface area contributed by atoms with E-state index in [-0.39, 0.29) is 12.1 Å². The van der Waals surface area contributed by atoms with Crippen molar-refractivity contribution in [2.75, 3.05) is 0 Å². The van der Waals surface area contributed by atoms with Crippen LogP contribution >= 0.6 is 11.6 Å². The maximum atomic E-state index is 11.6. The molecule has 1 aliphatic heterocycles. The summed E-state index contributed by atoms with van der Waals surface area (Å²) < 4.78 is 6.16. The van der Waals surface area contributed by atoms with Crippen LogP contribution in [0.3, 0.4) is 0 Å². The Morgan fingerprint density at radius 3 is 2.31 bits per heavy atom. The number of aliphatic hydroxyl groups is 1. The Morgan fingerprint density at radius 2 is 1.56 bits per heavy atom. The summed E-state index contributed by atoms with van der Waals surface area (Å²) >= 11 is 6.14. The molecule has 0 radical (unpaired) electrons. The standard InChI is InChI=1S/C28H30ClNO2/c29-22-17-15-21(16-18-22)26-27(30(26)23-11-5-2-6-12-23)28(31)24-13-7-8-14-25(24)32-19-20-9-3-1-4-10-20/h1,3-4,7-10,13-18,23,26-28,31H,2,5-6,11-12,19H2/t26-,27+,28-,30?/m0/s1.